The highest BCUT2D eigenvalue weighted by Gasteiger charge is 2.19. The van der Waals surface area contributed by atoms with Gasteiger partial charge in [-0.3, -0.25) is 4.68 Å². The minimum Gasteiger partial charge on any atom is -0.312 e. The Labute approximate surface area is 111 Å². The first-order valence-electron chi connectivity index (χ1n) is 6.15. The van der Waals surface area contributed by atoms with Crippen molar-refractivity contribution in [2.45, 2.75) is 39.3 Å². The molecule has 0 spiro atoms. The van der Waals surface area contributed by atoms with Gasteiger partial charge in [0.25, 0.3) is 0 Å². The van der Waals surface area contributed by atoms with E-state index < -0.39 is 0 Å². The van der Waals surface area contributed by atoms with Crippen LogP contribution in [0.1, 0.15) is 36.3 Å². The van der Waals surface area contributed by atoms with E-state index in [1.165, 1.54) is 16.4 Å². The van der Waals surface area contributed by atoms with Crippen LogP contribution in [0.5, 0.6) is 0 Å². The highest BCUT2D eigenvalue weighted by atomic mass is 32.1. The normalized spacial score (nSPS) is 12.8. The number of hydrogen-bond donors (Lipinski definition) is 1. The molecule has 0 saturated carbocycles. The third-order valence-corrected chi connectivity index (χ3v) is 3.85. The molecule has 0 aromatic carbocycles. The standard InChI is InChI=1S/C11H18N6S/c1-4-8-11(18-16-15-8)9(12-3)6-10-13-7-14-17(10)5-2/h7,9,12H,4-6H2,1-3H3. The van der Waals surface area contributed by atoms with Gasteiger partial charge in [-0.2, -0.15) is 5.10 Å². The molecule has 1 N–H and O–H groups in total. The van der Waals surface area contributed by atoms with Gasteiger partial charge in [-0.05, 0) is 31.9 Å². The summed E-state index contributed by atoms with van der Waals surface area (Å²) in [6, 6.07) is 0.203. The molecule has 0 fully saturated rings. The first-order chi connectivity index (χ1) is 8.80. The van der Waals surface area contributed by atoms with Crippen molar-refractivity contribution < 1.29 is 0 Å². The lowest BCUT2D eigenvalue weighted by Crippen LogP contribution is -2.21. The number of hydrogen-bond acceptors (Lipinski definition) is 6. The molecule has 98 valence electrons. The molecule has 0 amide bonds. The van der Waals surface area contributed by atoms with E-state index in [-0.39, 0.29) is 6.04 Å². The SMILES string of the molecule is CCc1nnsc1C(Cc1ncnn1CC)NC. The molecular formula is C11H18N6S. The summed E-state index contributed by atoms with van der Waals surface area (Å²) in [5.41, 5.74) is 1.07. The lowest BCUT2D eigenvalue weighted by molar-refractivity contribution is 0.536. The van der Waals surface area contributed by atoms with E-state index in [2.05, 4.69) is 38.8 Å². The quantitative estimate of drug-likeness (QED) is 0.851. The van der Waals surface area contributed by atoms with Gasteiger partial charge < -0.3 is 5.32 Å². The van der Waals surface area contributed by atoms with Gasteiger partial charge in [-0.15, -0.1) is 5.10 Å². The van der Waals surface area contributed by atoms with Crippen LogP contribution < -0.4 is 5.32 Å². The zero-order chi connectivity index (χ0) is 13.0. The first-order valence-corrected chi connectivity index (χ1v) is 6.92. The summed E-state index contributed by atoms with van der Waals surface area (Å²) in [6.07, 6.45) is 3.32. The second kappa shape index (κ2) is 6.01. The van der Waals surface area contributed by atoms with Crippen LogP contribution in [0.2, 0.25) is 0 Å². The summed E-state index contributed by atoms with van der Waals surface area (Å²) in [5.74, 6) is 0.993. The number of likely N-dealkylation sites (N-methyl/N-ethyl adjacent to an activating group) is 1. The predicted molar refractivity (Wildman–Crippen MR) is 70.5 cm³/mol. The van der Waals surface area contributed by atoms with E-state index in [4.69, 9.17) is 0 Å². The van der Waals surface area contributed by atoms with Crippen molar-refractivity contribution in [2.24, 2.45) is 0 Å². The Morgan fingerprint density at radius 1 is 1.44 bits per heavy atom. The van der Waals surface area contributed by atoms with Crippen molar-refractivity contribution in [2.75, 3.05) is 7.05 Å². The Balaban J connectivity index is 2.20. The van der Waals surface area contributed by atoms with Gasteiger partial charge in [0.2, 0.25) is 0 Å². The van der Waals surface area contributed by atoms with Gasteiger partial charge in [0.15, 0.2) is 0 Å². The number of aryl methyl sites for hydroxylation is 2. The number of nitrogens with one attached hydrogen (secondary N) is 1. The Hall–Kier alpha value is -1.34. The third-order valence-electron chi connectivity index (χ3n) is 2.97. The summed E-state index contributed by atoms with van der Waals surface area (Å²) in [7, 11) is 1.95. The molecule has 7 heteroatoms. The maximum Gasteiger partial charge on any atom is 0.138 e. The van der Waals surface area contributed by atoms with Gasteiger partial charge in [0.1, 0.15) is 12.2 Å². The monoisotopic (exact) mass is 266 g/mol. The van der Waals surface area contributed by atoms with Gasteiger partial charge in [0.05, 0.1) is 16.6 Å². The predicted octanol–water partition coefficient (Wildman–Crippen LogP) is 1.22. The van der Waals surface area contributed by atoms with Crippen LogP contribution in [0, 0.1) is 0 Å². The van der Waals surface area contributed by atoms with E-state index in [1.807, 2.05) is 11.7 Å². The van der Waals surface area contributed by atoms with Crippen LogP contribution in [0.25, 0.3) is 0 Å². The molecule has 0 radical (unpaired) electrons. The van der Waals surface area contributed by atoms with Crippen molar-refractivity contribution >= 4 is 11.5 Å². The molecule has 2 aromatic heterocycles. The highest BCUT2D eigenvalue weighted by Crippen LogP contribution is 2.23. The van der Waals surface area contributed by atoms with Crippen molar-refractivity contribution in [1.82, 2.24) is 29.7 Å². The molecule has 18 heavy (non-hydrogen) atoms. The van der Waals surface area contributed by atoms with Gasteiger partial charge >= 0.3 is 0 Å². The summed E-state index contributed by atoms with van der Waals surface area (Å²) >= 11 is 1.46. The van der Waals surface area contributed by atoms with Crippen molar-refractivity contribution in [3.63, 3.8) is 0 Å². The fourth-order valence-electron chi connectivity index (χ4n) is 1.94. The fourth-order valence-corrected chi connectivity index (χ4v) is 2.79. The Morgan fingerprint density at radius 2 is 2.28 bits per heavy atom. The van der Waals surface area contributed by atoms with Gasteiger partial charge in [-0.1, -0.05) is 11.4 Å². The maximum atomic E-state index is 4.32. The minimum absolute atomic E-state index is 0.203. The van der Waals surface area contributed by atoms with Crippen LogP contribution in [-0.2, 0) is 19.4 Å². The largest absolute Gasteiger partial charge is 0.312 e. The van der Waals surface area contributed by atoms with Gasteiger partial charge in [0, 0.05) is 13.0 Å². The highest BCUT2D eigenvalue weighted by molar-refractivity contribution is 7.05. The van der Waals surface area contributed by atoms with Crippen molar-refractivity contribution in [1.29, 1.82) is 0 Å². The number of rotatable bonds is 6. The molecule has 1 unspecified atom stereocenters. The Bertz CT molecular complexity index is 491. The maximum absolute atomic E-state index is 4.32. The van der Waals surface area contributed by atoms with Crippen LogP contribution in [-0.4, -0.2) is 31.4 Å². The Morgan fingerprint density at radius 3 is 2.94 bits per heavy atom. The second-order valence-electron chi connectivity index (χ2n) is 3.97. The van der Waals surface area contributed by atoms with Crippen LogP contribution in [0.15, 0.2) is 6.33 Å². The average Bonchev–Trinajstić information content (AvgIpc) is 3.03. The molecule has 2 aromatic rings. The lowest BCUT2D eigenvalue weighted by Gasteiger charge is -2.14. The third kappa shape index (κ3) is 2.56. The van der Waals surface area contributed by atoms with Crippen LogP contribution in [0.3, 0.4) is 0 Å². The molecule has 0 aliphatic rings. The first kappa shape index (κ1) is 13.1. The van der Waals surface area contributed by atoms with E-state index in [9.17, 15) is 0 Å². The molecule has 1 atom stereocenters. The lowest BCUT2D eigenvalue weighted by atomic mass is 10.1. The fraction of sp³-hybridized carbons (Fsp3) is 0.636. The molecule has 2 rings (SSSR count). The molecule has 0 aliphatic carbocycles. The number of aromatic nitrogens is 5. The van der Waals surface area contributed by atoms with E-state index in [0.29, 0.717) is 0 Å². The summed E-state index contributed by atoms with van der Waals surface area (Å²) in [4.78, 5) is 5.52. The topological polar surface area (TPSA) is 68.5 Å². The van der Waals surface area contributed by atoms with Crippen LogP contribution in [0.4, 0.5) is 0 Å². The Kier molecular flexibility index (Phi) is 4.38. The summed E-state index contributed by atoms with van der Waals surface area (Å²) in [5, 5.41) is 11.7. The average molecular weight is 266 g/mol. The van der Waals surface area contributed by atoms with Crippen molar-refractivity contribution in [3.8, 4) is 0 Å². The minimum atomic E-state index is 0.203. The van der Waals surface area contributed by atoms with E-state index >= 15 is 0 Å². The van der Waals surface area contributed by atoms with Crippen molar-refractivity contribution in [3.05, 3.63) is 22.7 Å². The summed E-state index contributed by atoms with van der Waals surface area (Å²) in [6.45, 7) is 5.01. The molecule has 0 saturated heterocycles. The molecule has 2 heterocycles. The summed E-state index contributed by atoms with van der Waals surface area (Å²) < 4.78 is 5.96. The second-order valence-corrected chi connectivity index (χ2v) is 4.76. The molecule has 0 bridgehead atoms. The van der Waals surface area contributed by atoms with Gasteiger partial charge in [-0.25, -0.2) is 4.98 Å². The smallest absolute Gasteiger partial charge is 0.138 e. The zero-order valence-electron chi connectivity index (χ0n) is 10.9. The number of nitrogens with zero attached hydrogens (tertiary/aromatic N) is 5. The van der Waals surface area contributed by atoms with Crippen LogP contribution >= 0.6 is 11.5 Å². The molecular weight excluding hydrogens is 248 g/mol. The van der Waals surface area contributed by atoms with E-state index in [0.717, 1.165) is 30.9 Å². The van der Waals surface area contributed by atoms with E-state index in [1.54, 1.807) is 6.33 Å². The molecule has 0 aliphatic heterocycles. The molecule has 6 nitrogen and oxygen atoms in total. The zero-order valence-corrected chi connectivity index (χ0v) is 11.7.